The van der Waals surface area contributed by atoms with Crippen molar-refractivity contribution in [2.75, 3.05) is 18.1 Å². The molecule has 0 radical (unpaired) electrons. The number of carbonyl (C=O) groups is 1. The van der Waals surface area contributed by atoms with Gasteiger partial charge in [-0.15, -0.1) is 0 Å². The van der Waals surface area contributed by atoms with Crippen molar-refractivity contribution < 1.29 is 9.53 Å². The second-order valence-electron chi connectivity index (χ2n) is 5.57. The third kappa shape index (κ3) is 5.57. The lowest BCUT2D eigenvalue weighted by Crippen LogP contribution is -2.42. The summed E-state index contributed by atoms with van der Waals surface area (Å²) in [6.45, 7) is 5.43. The van der Waals surface area contributed by atoms with Gasteiger partial charge in [-0.05, 0) is 55.9 Å². The third-order valence-corrected chi connectivity index (χ3v) is 4.04. The fourth-order valence-corrected chi connectivity index (χ4v) is 2.68. The Bertz CT molecular complexity index is 704. The Balaban J connectivity index is 2.03. The molecular formula is C20H24N2O2S. The molecule has 0 fully saturated rings. The number of amides is 1. The summed E-state index contributed by atoms with van der Waals surface area (Å²) in [6.07, 6.45) is 2.06. The first kappa shape index (κ1) is 18.9. The van der Waals surface area contributed by atoms with Crippen molar-refractivity contribution in [3.8, 4) is 5.75 Å². The van der Waals surface area contributed by atoms with E-state index in [1.165, 1.54) is 0 Å². The molecule has 0 aliphatic rings. The Morgan fingerprint density at radius 1 is 1.12 bits per heavy atom. The average molecular weight is 356 g/mol. The standard InChI is InChI=1S/C20H24N2O2S/c1-3-5-14-24-18-13-9-10-16(15-18)19(23)21-20(25)22(4-2)17-11-7-6-8-12-17/h6-13,15H,3-5,14H2,1-2H3,(H,21,23,25). The summed E-state index contributed by atoms with van der Waals surface area (Å²) in [5, 5.41) is 3.19. The maximum absolute atomic E-state index is 12.5. The number of anilines is 1. The molecule has 2 aromatic carbocycles. The first-order valence-corrected chi connectivity index (χ1v) is 8.97. The number of nitrogens with one attached hydrogen (secondary N) is 1. The Morgan fingerprint density at radius 2 is 1.88 bits per heavy atom. The van der Waals surface area contributed by atoms with Crippen LogP contribution >= 0.6 is 12.2 Å². The van der Waals surface area contributed by atoms with E-state index in [-0.39, 0.29) is 5.91 Å². The molecular weight excluding hydrogens is 332 g/mol. The van der Waals surface area contributed by atoms with Crippen LogP contribution in [0.1, 0.15) is 37.0 Å². The first-order valence-electron chi connectivity index (χ1n) is 8.56. The number of nitrogens with zero attached hydrogens (tertiary/aromatic N) is 1. The predicted molar refractivity (Wildman–Crippen MR) is 106 cm³/mol. The molecule has 0 aliphatic carbocycles. The van der Waals surface area contributed by atoms with Crippen LogP contribution in [0.5, 0.6) is 5.75 Å². The van der Waals surface area contributed by atoms with Crippen LogP contribution in [0.4, 0.5) is 5.69 Å². The summed E-state index contributed by atoms with van der Waals surface area (Å²) in [5.74, 6) is 0.461. The number of benzene rings is 2. The van der Waals surface area contributed by atoms with Gasteiger partial charge >= 0.3 is 0 Å². The molecule has 132 valence electrons. The minimum Gasteiger partial charge on any atom is -0.494 e. The molecule has 0 atom stereocenters. The molecule has 1 N–H and O–H groups in total. The molecule has 0 saturated carbocycles. The van der Waals surface area contributed by atoms with Crippen LogP contribution in [-0.2, 0) is 0 Å². The van der Waals surface area contributed by atoms with Crippen molar-refractivity contribution in [2.24, 2.45) is 0 Å². The van der Waals surface area contributed by atoms with E-state index >= 15 is 0 Å². The fraction of sp³-hybridized carbons (Fsp3) is 0.300. The highest BCUT2D eigenvalue weighted by molar-refractivity contribution is 7.80. The number of carbonyl (C=O) groups excluding carboxylic acids is 1. The zero-order valence-electron chi connectivity index (χ0n) is 14.7. The number of unbranched alkanes of at least 4 members (excludes halogenated alkanes) is 1. The van der Waals surface area contributed by atoms with Crippen LogP contribution in [0.15, 0.2) is 54.6 Å². The molecule has 0 unspecified atom stereocenters. The van der Waals surface area contributed by atoms with Crippen LogP contribution in [-0.4, -0.2) is 24.2 Å². The maximum atomic E-state index is 12.5. The van der Waals surface area contributed by atoms with Gasteiger partial charge < -0.3 is 9.64 Å². The zero-order valence-corrected chi connectivity index (χ0v) is 15.5. The van der Waals surface area contributed by atoms with Gasteiger partial charge in [0.2, 0.25) is 0 Å². The molecule has 0 bridgehead atoms. The van der Waals surface area contributed by atoms with Gasteiger partial charge in [0.25, 0.3) is 5.91 Å². The molecule has 0 aromatic heterocycles. The SMILES string of the molecule is CCCCOc1cccc(C(=O)NC(=S)N(CC)c2ccccc2)c1. The van der Waals surface area contributed by atoms with Gasteiger partial charge in [-0.2, -0.15) is 0 Å². The molecule has 5 heteroatoms. The molecule has 2 aromatic rings. The van der Waals surface area contributed by atoms with E-state index in [9.17, 15) is 4.79 Å². The first-order chi connectivity index (χ1) is 12.2. The molecule has 0 heterocycles. The summed E-state index contributed by atoms with van der Waals surface area (Å²) in [4.78, 5) is 14.4. The molecule has 2 rings (SSSR count). The monoisotopic (exact) mass is 356 g/mol. The van der Waals surface area contributed by atoms with E-state index in [4.69, 9.17) is 17.0 Å². The smallest absolute Gasteiger partial charge is 0.257 e. The van der Waals surface area contributed by atoms with Crippen LogP contribution in [0.3, 0.4) is 0 Å². The second kappa shape index (κ2) is 9.79. The maximum Gasteiger partial charge on any atom is 0.257 e. The quantitative estimate of drug-likeness (QED) is 0.589. The second-order valence-corrected chi connectivity index (χ2v) is 5.96. The van der Waals surface area contributed by atoms with Crippen molar-refractivity contribution in [1.82, 2.24) is 5.32 Å². The van der Waals surface area contributed by atoms with Crippen molar-refractivity contribution >= 4 is 28.9 Å². The van der Waals surface area contributed by atoms with Gasteiger partial charge in [-0.3, -0.25) is 10.1 Å². The summed E-state index contributed by atoms with van der Waals surface area (Å²) >= 11 is 5.41. The zero-order chi connectivity index (χ0) is 18.1. The number of rotatable bonds is 7. The van der Waals surface area contributed by atoms with E-state index in [0.717, 1.165) is 18.5 Å². The molecule has 0 aliphatic heterocycles. The number of thiocarbonyl (C=S) groups is 1. The number of hydrogen-bond acceptors (Lipinski definition) is 3. The van der Waals surface area contributed by atoms with Crippen molar-refractivity contribution in [1.29, 1.82) is 0 Å². The van der Waals surface area contributed by atoms with Gasteiger partial charge in [0.15, 0.2) is 5.11 Å². The lowest BCUT2D eigenvalue weighted by atomic mass is 10.2. The highest BCUT2D eigenvalue weighted by atomic mass is 32.1. The van der Waals surface area contributed by atoms with Gasteiger partial charge in [0.1, 0.15) is 5.75 Å². The fourth-order valence-electron chi connectivity index (χ4n) is 2.35. The Hall–Kier alpha value is -2.40. The molecule has 0 saturated heterocycles. The van der Waals surface area contributed by atoms with Gasteiger partial charge in [-0.25, -0.2) is 0 Å². The van der Waals surface area contributed by atoms with Crippen LogP contribution in [0.2, 0.25) is 0 Å². The van der Waals surface area contributed by atoms with E-state index in [1.807, 2.05) is 54.3 Å². The van der Waals surface area contributed by atoms with Crippen molar-refractivity contribution in [3.63, 3.8) is 0 Å². The summed E-state index contributed by atoms with van der Waals surface area (Å²) in [6, 6.07) is 16.9. The minimum atomic E-state index is -0.236. The van der Waals surface area contributed by atoms with Crippen LogP contribution < -0.4 is 15.0 Å². The minimum absolute atomic E-state index is 0.236. The van der Waals surface area contributed by atoms with Gasteiger partial charge in [0.05, 0.1) is 6.61 Å². The Labute approximate surface area is 154 Å². The highest BCUT2D eigenvalue weighted by Gasteiger charge is 2.14. The largest absolute Gasteiger partial charge is 0.494 e. The third-order valence-electron chi connectivity index (χ3n) is 3.71. The molecule has 0 spiro atoms. The predicted octanol–water partition coefficient (Wildman–Crippen LogP) is 4.41. The molecule has 25 heavy (non-hydrogen) atoms. The lowest BCUT2D eigenvalue weighted by molar-refractivity contribution is 0.0976. The molecule has 4 nitrogen and oxygen atoms in total. The Kier molecular flexibility index (Phi) is 7.41. The van der Waals surface area contributed by atoms with Crippen molar-refractivity contribution in [3.05, 3.63) is 60.2 Å². The summed E-state index contributed by atoms with van der Waals surface area (Å²) in [5.41, 5.74) is 1.48. The Morgan fingerprint density at radius 3 is 2.56 bits per heavy atom. The number of ether oxygens (including phenoxy) is 1. The number of hydrogen-bond donors (Lipinski definition) is 1. The highest BCUT2D eigenvalue weighted by Crippen LogP contribution is 2.15. The van der Waals surface area contributed by atoms with Gasteiger partial charge in [0, 0.05) is 17.8 Å². The molecule has 1 amide bonds. The van der Waals surface area contributed by atoms with Gasteiger partial charge in [-0.1, -0.05) is 37.6 Å². The normalized spacial score (nSPS) is 10.2. The lowest BCUT2D eigenvalue weighted by Gasteiger charge is -2.23. The summed E-state index contributed by atoms with van der Waals surface area (Å²) < 4.78 is 5.66. The van der Waals surface area contributed by atoms with E-state index in [0.29, 0.717) is 29.6 Å². The topological polar surface area (TPSA) is 41.6 Å². The number of para-hydroxylation sites is 1. The van der Waals surface area contributed by atoms with E-state index in [1.54, 1.807) is 12.1 Å². The van der Waals surface area contributed by atoms with E-state index in [2.05, 4.69) is 12.2 Å². The average Bonchev–Trinajstić information content (AvgIpc) is 2.64. The van der Waals surface area contributed by atoms with Crippen molar-refractivity contribution in [2.45, 2.75) is 26.7 Å². The summed E-state index contributed by atoms with van der Waals surface area (Å²) in [7, 11) is 0. The van der Waals surface area contributed by atoms with E-state index < -0.39 is 0 Å². The van der Waals surface area contributed by atoms with Crippen LogP contribution in [0.25, 0.3) is 0 Å². The van der Waals surface area contributed by atoms with Crippen LogP contribution in [0, 0.1) is 0 Å².